The lowest BCUT2D eigenvalue weighted by molar-refractivity contribution is -0.681. The summed E-state index contributed by atoms with van der Waals surface area (Å²) in [5, 5.41) is 11.6. The maximum atomic E-state index is 9.88. The van der Waals surface area contributed by atoms with Crippen molar-refractivity contribution >= 4 is 5.97 Å². The van der Waals surface area contributed by atoms with E-state index >= 15 is 0 Å². The SMILES string of the molecule is CC[C@H](C)[NH2+]CC(=O)[O-]. The lowest BCUT2D eigenvalue weighted by atomic mass is 10.3. The molecule has 0 unspecified atom stereocenters. The van der Waals surface area contributed by atoms with E-state index in [1.165, 1.54) is 0 Å². The van der Waals surface area contributed by atoms with Crippen molar-refractivity contribution in [2.24, 2.45) is 0 Å². The molecule has 2 N–H and O–H groups in total. The Morgan fingerprint density at radius 3 is 2.67 bits per heavy atom. The fourth-order valence-corrected chi connectivity index (χ4v) is 0.464. The molecule has 0 aromatic rings. The molecule has 0 aliphatic rings. The van der Waals surface area contributed by atoms with Crippen LogP contribution in [0, 0.1) is 0 Å². The highest BCUT2D eigenvalue weighted by molar-refractivity contribution is 5.64. The summed E-state index contributed by atoms with van der Waals surface area (Å²) in [5.41, 5.74) is 0. The van der Waals surface area contributed by atoms with E-state index in [1.807, 2.05) is 13.8 Å². The van der Waals surface area contributed by atoms with E-state index in [9.17, 15) is 9.90 Å². The number of nitrogens with two attached hydrogens (primary N) is 1. The number of carboxylic acid groups (broad SMARTS) is 1. The highest BCUT2D eigenvalue weighted by Gasteiger charge is 1.98. The summed E-state index contributed by atoms with van der Waals surface area (Å²) in [6.45, 7) is 4.09. The zero-order chi connectivity index (χ0) is 7.28. The van der Waals surface area contributed by atoms with Crippen molar-refractivity contribution < 1.29 is 15.2 Å². The number of carbonyl (C=O) groups is 1. The monoisotopic (exact) mass is 131 g/mol. The Morgan fingerprint density at radius 1 is 1.78 bits per heavy atom. The zero-order valence-electron chi connectivity index (χ0n) is 5.89. The van der Waals surface area contributed by atoms with Gasteiger partial charge in [-0.15, -0.1) is 0 Å². The molecule has 9 heavy (non-hydrogen) atoms. The van der Waals surface area contributed by atoms with Crippen molar-refractivity contribution in [2.75, 3.05) is 6.54 Å². The normalized spacial score (nSPS) is 13.1. The van der Waals surface area contributed by atoms with Gasteiger partial charge in [-0.1, -0.05) is 6.92 Å². The first-order valence-corrected chi connectivity index (χ1v) is 3.20. The molecule has 0 saturated heterocycles. The first-order chi connectivity index (χ1) is 4.16. The minimum Gasteiger partial charge on any atom is -0.544 e. The van der Waals surface area contributed by atoms with Crippen molar-refractivity contribution in [1.82, 2.24) is 0 Å². The Labute approximate surface area is 55.1 Å². The molecule has 0 radical (unpaired) electrons. The van der Waals surface area contributed by atoms with Gasteiger partial charge in [0.15, 0.2) is 0 Å². The van der Waals surface area contributed by atoms with Crippen LogP contribution < -0.4 is 10.4 Å². The van der Waals surface area contributed by atoms with Gasteiger partial charge in [-0.3, -0.25) is 0 Å². The van der Waals surface area contributed by atoms with Crippen LogP contribution in [0.1, 0.15) is 20.3 Å². The standard InChI is InChI=1S/C6H13NO2/c1-3-5(2)7-4-6(8)9/h5,7H,3-4H2,1-2H3,(H,8,9)/t5-/m0/s1. The topological polar surface area (TPSA) is 56.7 Å². The quantitative estimate of drug-likeness (QED) is 0.484. The molecular weight excluding hydrogens is 118 g/mol. The Balaban J connectivity index is 3.16. The lowest BCUT2D eigenvalue weighted by Crippen LogP contribution is -2.91. The predicted molar refractivity (Wildman–Crippen MR) is 31.6 cm³/mol. The van der Waals surface area contributed by atoms with Gasteiger partial charge in [-0.2, -0.15) is 0 Å². The zero-order valence-corrected chi connectivity index (χ0v) is 5.89. The Hall–Kier alpha value is -0.570. The van der Waals surface area contributed by atoms with Gasteiger partial charge in [0.1, 0.15) is 6.54 Å². The molecule has 0 saturated carbocycles. The molecule has 0 spiro atoms. The summed E-state index contributed by atoms with van der Waals surface area (Å²) in [7, 11) is 0. The molecule has 0 bridgehead atoms. The van der Waals surface area contributed by atoms with Gasteiger partial charge >= 0.3 is 0 Å². The van der Waals surface area contributed by atoms with Crippen LogP contribution in [0.5, 0.6) is 0 Å². The third kappa shape index (κ3) is 5.30. The van der Waals surface area contributed by atoms with E-state index in [0.29, 0.717) is 6.04 Å². The fraction of sp³-hybridized carbons (Fsp3) is 0.833. The minimum absolute atomic E-state index is 0.0784. The molecule has 3 heteroatoms. The maximum Gasteiger partial charge on any atom is 0.116 e. The van der Waals surface area contributed by atoms with Gasteiger partial charge in [-0.05, 0) is 13.3 Å². The molecule has 0 rings (SSSR count). The summed E-state index contributed by atoms with van der Waals surface area (Å²) in [5.74, 6) is -0.990. The van der Waals surface area contributed by atoms with E-state index in [4.69, 9.17) is 0 Å². The van der Waals surface area contributed by atoms with E-state index in [1.54, 1.807) is 5.32 Å². The highest BCUT2D eigenvalue weighted by Crippen LogP contribution is 1.76. The molecule has 54 valence electrons. The number of aliphatic carboxylic acids is 1. The summed E-state index contributed by atoms with van der Waals surface area (Å²) < 4.78 is 0. The predicted octanol–water partition coefficient (Wildman–Crippen LogP) is -1.90. The molecular formula is C6H13NO2. The number of hydrogen-bond acceptors (Lipinski definition) is 2. The number of carbonyl (C=O) groups excluding carboxylic acids is 1. The number of quaternary nitrogens is 1. The Kier molecular flexibility index (Phi) is 4.05. The van der Waals surface area contributed by atoms with E-state index in [2.05, 4.69) is 0 Å². The molecule has 0 aromatic carbocycles. The number of hydrogen-bond donors (Lipinski definition) is 1. The Bertz CT molecular complexity index is 93.1. The van der Waals surface area contributed by atoms with Crippen molar-refractivity contribution in [3.05, 3.63) is 0 Å². The molecule has 0 aromatic heterocycles. The van der Waals surface area contributed by atoms with Crippen LogP contribution in [0.15, 0.2) is 0 Å². The molecule has 1 atom stereocenters. The van der Waals surface area contributed by atoms with Gasteiger partial charge in [0.05, 0.1) is 12.0 Å². The van der Waals surface area contributed by atoms with Crippen LogP contribution in [0.25, 0.3) is 0 Å². The van der Waals surface area contributed by atoms with Crippen LogP contribution in [-0.4, -0.2) is 18.6 Å². The summed E-state index contributed by atoms with van der Waals surface area (Å²) in [6.07, 6.45) is 0.993. The molecule has 0 aliphatic heterocycles. The van der Waals surface area contributed by atoms with Gasteiger partial charge in [-0.25, -0.2) is 0 Å². The minimum atomic E-state index is -0.990. The summed E-state index contributed by atoms with van der Waals surface area (Å²) >= 11 is 0. The largest absolute Gasteiger partial charge is 0.544 e. The fourth-order valence-electron chi connectivity index (χ4n) is 0.464. The van der Waals surface area contributed by atoms with Crippen molar-refractivity contribution in [3.63, 3.8) is 0 Å². The van der Waals surface area contributed by atoms with Gasteiger partial charge in [0.25, 0.3) is 0 Å². The molecule has 0 fully saturated rings. The lowest BCUT2D eigenvalue weighted by Gasteiger charge is -2.07. The molecule has 0 heterocycles. The van der Waals surface area contributed by atoms with E-state index < -0.39 is 5.97 Å². The maximum absolute atomic E-state index is 9.88. The smallest absolute Gasteiger partial charge is 0.116 e. The molecule has 0 aliphatic carbocycles. The van der Waals surface area contributed by atoms with Gasteiger partial charge < -0.3 is 15.2 Å². The van der Waals surface area contributed by atoms with Crippen LogP contribution in [0.2, 0.25) is 0 Å². The summed E-state index contributed by atoms with van der Waals surface area (Å²) in [6, 6.07) is 0.392. The summed E-state index contributed by atoms with van der Waals surface area (Å²) in [4.78, 5) is 9.88. The third-order valence-electron chi connectivity index (χ3n) is 1.33. The highest BCUT2D eigenvalue weighted by atomic mass is 16.4. The average molecular weight is 131 g/mol. The van der Waals surface area contributed by atoms with Crippen LogP contribution >= 0.6 is 0 Å². The second-order valence-corrected chi connectivity index (χ2v) is 2.20. The second-order valence-electron chi connectivity index (χ2n) is 2.20. The first-order valence-electron chi connectivity index (χ1n) is 3.20. The van der Waals surface area contributed by atoms with Crippen LogP contribution in [-0.2, 0) is 4.79 Å². The van der Waals surface area contributed by atoms with Gasteiger partial charge in [0, 0.05) is 0 Å². The van der Waals surface area contributed by atoms with Crippen LogP contribution in [0.4, 0.5) is 0 Å². The van der Waals surface area contributed by atoms with Gasteiger partial charge in [0.2, 0.25) is 0 Å². The van der Waals surface area contributed by atoms with Crippen molar-refractivity contribution in [1.29, 1.82) is 0 Å². The van der Waals surface area contributed by atoms with Crippen molar-refractivity contribution in [3.8, 4) is 0 Å². The van der Waals surface area contributed by atoms with Crippen molar-refractivity contribution in [2.45, 2.75) is 26.3 Å². The second kappa shape index (κ2) is 4.32. The third-order valence-corrected chi connectivity index (χ3v) is 1.33. The van der Waals surface area contributed by atoms with E-state index in [0.717, 1.165) is 6.42 Å². The number of carboxylic acids is 1. The number of rotatable bonds is 4. The molecule has 3 nitrogen and oxygen atoms in total. The molecule has 0 amide bonds. The average Bonchev–Trinajstić information content (AvgIpc) is 1.83. The van der Waals surface area contributed by atoms with Crippen LogP contribution in [0.3, 0.4) is 0 Å². The Morgan fingerprint density at radius 2 is 2.33 bits per heavy atom. The van der Waals surface area contributed by atoms with E-state index in [-0.39, 0.29) is 6.54 Å². The first kappa shape index (κ1) is 8.43.